The van der Waals surface area contributed by atoms with E-state index < -0.39 is 34.9 Å². The Labute approximate surface area is 212 Å². The van der Waals surface area contributed by atoms with Crippen LogP contribution in [0.2, 0.25) is 0 Å². The van der Waals surface area contributed by atoms with Crippen molar-refractivity contribution in [3.05, 3.63) is 59.0 Å². The molecule has 2 heterocycles. The van der Waals surface area contributed by atoms with Gasteiger partial charge in [0.15, 0.2) is 0 Å². The fraction of sp³-hybridized carbons (Fsp3) is 0.519. The molecule has 1 aromatic heterocycles. The third-order valence-corrected chi connectivity index (χ3v) is 7.52. The van der Waals surface area contributed by atoms with Crippen molar-refractivity contribution in [3.8, 4) is 5.75 Å². The van der Waals surface area contributed by atoms with Crippen LogP contribution in [0.4, 0.5) is 17.6 Å². The molecule has 6 nitrogen and oxygen atoms in total. The molecule has 1 saturated carbocycles. The predicted molar refractivity (Wildman–Crippen MR) is 130 cm³/mol. The van der Waals surface area contributed by atoms with Crippen molar-refractivity contribution in [1.82, 2.24) is 15.1 Å². The average molecular weight is 522 g/mol. The Balaban J connectivity index is 1.40. The summed E-state index contributed by atoms with van der Waals surface area (Å²) >= 11 is 0. The van der Waals surface area contributed by atoms with Crippen molar-refractivity contribution in [2.45, 2.75) is 82.0 Å². The van der Waals surface area contributed by atoms with Crippen molar-refractivity contribution in [2.75, 3.05) is 6.61 Å². The van der Waals surface area contributed by atoms with Crippen LogP contribution in [0, 0.1) is 12.9 Å². The summed E-state index contributed by atoms with van der Waals surface area (Å²) in [6.45, 7) is 5.47. The minimum Gasteiger partial charge on any atom is -0.492 e. The normalized spacial score (nSPS) is 30.4. The number of alkyl halides is 3. The summed E-state index contributed by atoms with van der Waals surface area (Å²) in [5.74, 6) is -1.14. The van der Waals surface area contributed by atoms with Crippen molar-refractivity contribution < 1.29 is 32.5 Å². The molecule has 5 rings (SSSR count). The van der Waals surface area contributed by atoms with Gasteiger partial charge in [-0.2, -0.15) is 17.6 Å². The first-order valence-electron chi connectivity index (χ1n) is 12.4. The highest BCUT2D eigenvalue weighted by molar-refractivity contribution is 5.85. The number of aryl methyl sites for hydroxylation is 1. The molecule has 3 unspecified atom stereocenters. The van der Waals surface area contributed by atoms with E-state index in [-0.39, 0.29) is 48.2 Å². The summed E-state index contributed by atoms with van der Waals surface area (Å²) in [5.41, 5.74) is -1.65. The van der Waals surface area contributed by atoms with Crippen LogP contribution in [0.15, 0.2) is 36.4 Å². The van der Waals surface area contributed by atoms with Crippen molar-refractivity contribution in [1.29, 1.82) is 0 Å². The molecule has 200 valence electrons. The molecule has 0 spiro atoms. The number of aliphatic hydroxyl groups is 2. The molecule has 37 heavy (non-hydrogen) atoms. The number of piperidine rings is 1. The van der Waals surface area contributed by atoms with Gasteiger partial charge in [0.2, 0.25) is 5.95 Å². The summed E-state index contributed by atoms with van der Waals surface area (Å²) in [5, 5.41) is 28.2. The Morgan fingerprint density at radius 2 is 1.78 bits per heavy atom. The van der Waals surface area contributed by atoms with E-state index in [9.17, 15) is 27.8 Å². The second-order valence-electron chi connectivity index (χ2n) is 11.0. The quantitative estimate of drug-likeness (QED) is 0.412. The monoisotopic (exact) mass is 521 g/mol. The van der Waals surface area contributed by atoms with Crippen LogP contribution < -0.4 is 10.1 Å². The van der Waals surface area contributed by atoms with Gasteiger partial charge in [0.25, 0.3) is 0 Å². The van der Waals surface area contributed by atoms with Crippen LogP contribution in [0.3, 0.4) is 0 Å². The van der Waals surface area contributed by atoms with E-state index in [2.05, 4.69) is 10.4 Å². The van der Waals surface area contributed by atoms with Gasteiger partial charge >= 0.3 is 6.18 Å². The van der Waals surface area contributed by atoms with Gasteiger partial charge in [-0.05, 0) is 64.2 Å². The van der Waals surface area contributed by atoms with E-state index >= 15 is 0 Å². The Morgan fingerprint density at radius 1 is 1.11 bits per heavy atom. The fourth-order valence-corrected chi connectivity index (χ4v) is 5.82. The molecule has 3 N–H and O–H groups in total. The SMILES string of the molecule is Cc1ccc(C2(O)CC(C)NC(COc3cc(C(F)(F)F)c4c(c3)c(F)nn4C3CC(C)(O)C3)C2)cc1. The number of benzene rings is 2. The molecule has 10 heteroatoms. The van der Waals surface area contributed by atoms with Crippen molar-refractivity contribution >= 4 is 10.9 Å². The van der Waals surface area contributed by atoms with Gasteiger partial charge < -0.3 is 20.3 Å². The number of aromatic nitrogens is 2. The maximum atomic E-state index is 14.8. The summed E-state index contributed by atoms with van der Waals surface area (Å²) < 4.78 is 63.8. The standard InChI is InChI=1S/C27H31F4N3O3/c1-15-4-6-17(7-5-15)26(36)10-16(2)32-18(11-26)14-37-20-8-21-23(22(9-20)27(29,30)31)34(33-24(21)28)19-12-25(3,35)13-19/h4-9,16,18-19,32,35-36H,10-14H2,1-3H3. The maximum Gasteiger partial charge on any atom is 0.418 e. The first-order valence-corrected chi connectivity index (χ1v) is 12.4. The average Bonchev–Trinajstić information content (AvgIpc) is 3.10. The van der Waals surface area contributed by atoms with Crippen LogP contribution in [-0.2, 0) is 11.8 Å². The maximum absolute atomic E-state index is 14.8. The molecule has 2 aliphatic rings. The van der Waals surface area contributed by atoms with E-state index in [0.717, 1.165) is 21.9 Å². The molecule has 2 aromatic carbocycles. The third-order valence-electron chi connectivity index (χ3n) is 7.52. The molecule has 0 amide bonds. The highest BCUT2D eigenvalue weighted by atomic mass is 19.4. The van der Waals surface area contributed by atoms with Crippen LogP contribution >= 0.6 is 0 Å². The van der Waals surface area contributed by atoms with Crippen LogP contribution in [-0.4, -0.2) is 44.3 Å². The molecule has 1 aliphatic carbocycles. The van der Waals surface area contributed by atoms with Gasteiger partial charge in [0, 0.05) is 12.1 Å². The molecular formula is C27H31F4N3O3. The molecular weight excluding hydrogens is 490 g/mol. The number of ether oxygens (including phenoxy) is 1. The van der Waals surface area contributed by atoms with Gasteiger partial charge in [-0.3, -0.25) is 4.68 Å². The lowest BCUT2D eigenvalue weighted by atomic mass is 9.77. The number of rotatable bonds is 5. The van der Waals surface area contributed by atoms with Crippen molar-refractivity contribution in [2.24, 2.45) is 0 Å². The summed E-state index contributed by atoms with van der Waals surface area (Å²) in [6.07, 6.45) is -3.60. The second-order valence-corrected chi connectivity index (χ2v) is 11.0. The Morgan fingerprint density at radius 3 is 2.41 bits per heavy atom. The lowest BCUT2D eigenvalue weighted by Crippen LogP contribution is -2.53. The third kappa shape index (κ3) is 5.06. The van der Waals surface area contributed by atoms with Gasteiger partial charge in [0.05, 0.1) is 33.7 Å². The first-order chi connectivity index (χ1) is 17.2. The number of fused-ring (bicyclic) bond motifs is 1. The highest BCUT2D eigenvalue weighted by Gasteiger charge is 2.44. The van der Waals surface area contributed by atoms with Crippen LogP contribution in [0.25, 0.3) is 10.9 Å². The van der Waals surface area contributed by atoms with E-state index in [4.69, 9.17) is 4.74 Å². The van der Waals surface area contributed by atoms with Gasteiger partial charge in [0.1, 0.15) is 12.4 Å². The van der Waals surface area contributed by atoms with Gasteiger partial charge in [-0.1, -0.05) is 29.8 Å². The highest BCUT2D eigenvalue weighted by Crippen LogP contribution is 2.45. The minimum absolute atomic E-state index is 0.0113. The Hall–Kier alpha value is -2.69. The first kappa shape index (κ1) is 25.9. The molecule has 0 bridgehead atoms. The molecule has 0 radical (unpaired) electrons. The van der Waals surface area contributed by atoms with E-state index in [0.29, 0.717) is 12.8 Å². The Kier molecular flexibility index (Phi) is 6.28. The van der Waals surface area contributed by atoms with Crippen molar-refractivity contribution in [3.63, 3.8) is 0 Å². The summed E-state index contributed by atoms with van der Waals surface area (Å²) in [6, 6.07) is 8.81. The minimum atomic E-state index is -4.77. The number of nitrogens with zero attached hydrogens (tertiary/aromatic N) is 2. The lowest BCUT2D eigenvalue weighted by Gasteiger charge is -2.41. The number of hydrogen-bond acceptors (Lipinski definition) is 5. The number of nitrogens with one attached hydrogen (secondary N) is 1. The van der Waals surface area contributed by atoms with E-state index in [1.54, 1.807) is 6.92 Å². The fourth-order valence-electron chi connectivity index (χ4n) is 5.82. The van der Waals surface area contributed by atoms with Gasteiger partial charge in [-0.25, -0.2) is 0 Å². The molecule has 2 fully saturated rings. The predicted octanol–water partition coefficient (Wildman–Crippen LogP) is 5.00. The zero-order valence-electron chi connectivity index (χ0n) is 20.9. The van der Waals surface area contributed by atoms with E-state index in [1.807, 2.05) is 38.1 Å². The van der Waals surface area contributed by atoms with Crippen LogP contribution in [0.5, 0.6) is 5.75 Å². The summed E-state index contributed by atoms with van der Waals surface area (Å²) in [4.78, 5) is 0. The zero-order chi connectivity index (χ0) is 26.8. The number of halogens is 4. The largest absolute Gasteiger partial charge is 0.492 e. The van der Waals surface area contributed by atoms with E-state index in [1.165, 1.54) is 6.07 Å². The lowest BCUT2D eigenvalue weighted by molar-refractivity contribution is -0.136. The molecule has 1 saturated heterocycles. The van der Waals surface area contributed by atoms with Gasteiger partial charge in [-0.15, -0.1) is 5.10 Å². The van der Waals surface area contributed by atoms with Crippen LogP contribution in [0.1, 0.15) is 62.3 Å². The second kappa shape index (κ2) is 8.96. The smallest absolute Gasteiger partial charge is 0.418 e. The number of hydrogen-bond donors (Lipinski definition) is 3. The molecule has 3 atom stereocenters. The molecule has 3 aromatic rings. The topological polar surface area (TPSA) is 79.5 Å². The summed E-state index contributed by atoms with van der Waals surface area (Å²) in [7, 11) is 0. The Bertz CT molecular complexity index is 1300. The molecule has 1 aliphatic heterocycles. The zero-order valence-corrected chi connectivity index (χ0v) is 20.9.